The number of sulfonamides is 1. The summed E-state index contributed by atoms with van der Waals surface area (Å²) in [6.07, 6.45) is -3.47. The van der Waals surface area contributed by atoms with Crippen LogP contribution in [0.2, 0.25) is 5.15 Å². The fourth-order valence-electron chi connectivity index (χ4n) is 3.09. The number of esters is 3. The number of fused-ring (bicyclic) bond motifs is 1. The molecule has 4 atom stereocenters. The zero-order valence-corrected chi connectivity index (χ0v) is 18.5. The van der Waals surface area contributed by atoms with Gasteiger partial charge in [0.25, 0.3) is 15.2 Å². The molecule has 2 aromatic rings. The fraction of sp³-hybridized carbons (Fsp3) is 0.500. The fourth-order valence-corrected chi connectivity index (χ4v) is 3.79. The van der Waals surface area contributed by atoms with Crippen LogP contribution < -0.4 is 5.14 Å². The summed E-state index contributed by atoms with van der Waals surface area (Å²) in [5.74, 6) is -2.05. The van der Waals surface area contributed by atoms with E-state index in [1.807, 2.05) is 0 Å². The summed E-state index contributed by atoms with van der Waals surface area (Å²) < 4.78 is 46.1. The highest BCUT2D eigenvalue weighted by molar-refractivity contribution is 7.89. The Balaban J connectivity index is 2.11. The van der Waals surface area contributed by atoms with Crippen molar-refractivity contribution in [3.05, 3.63) is 11.5 Å². The van der Waals surface area contributed by atoms with Gasteiger partial charge in [0.15, 0.2) is 29.2 Å². The largest absolute Gasteiger partial charge is 0.463 e. The molecule has 1 saturated heterocycles. The summed E-state index contributed by atoms with van der Waals surface area (Å²) in [4.78, 5) is 46.2. The maximum absolute atomic E-state index is 11.8. The molecule has 0 radical (unpaired) electrons. The van der Waals surface area contributed by atoms with Gasteiger partial charge in [0.2, 0.25) is 0 Å². The van der Waals surface area contributed by atoms with Crippen LogP contribution in [0, 0.1) is 0 Å². The number of nitrogens with zero attached hydrogens (tertiary/aromatic N) is 4. The average Bonchev–Trinajstić information content (AvgIpc) is 3.21. The first kappa shape index (κ1) is 23.8. The van der Waals surface area contributed by atoms with Gasteiger partial charge in [-0.1, -0.05) is 11.6 Å². The number of aromatic nitrogens is 4. The standard InChI is InChI=1S/C16H18ClN5O9S/c1-6(23)28-4-9-11(29-7(2)24)12(30-8(3)25)15(31-9)22-5-19-10-13(17)20-16(21-14(10)22)32(18,26)27/h5,9,11-12,15H,4H2,1-3H3,(H2,18,26,27)/t9-,11-,12-,15-/m1/s1. The number of primary sulfonamides is 1. The van der Waals surface area contributed by atoms with Crippen LogP contribution in [-0.4, -0.2) is 70.8 Å². The third-order valence-electron chi connectivity index (χ3n) is 4.23. The average molecular weight is 492 g/mol. The minimum absolute atomic E-state index is 0.0108. The Kier molecular flexibility index (Phi) is 6.64. The zero-order valence-electron chi connectivity index (χ0n) is 16.9. The zero-order chi connectivity index (χ0) is 23.8. The summed E-state index contributed by atoms with van der Waals surface area (Å²) in [6.45, 7) is 3.12. The lowest BCUT2D eigenvalue weighted by molar-refractivity contribution is -0.166. The monoisotopic (exact) mass is 491 g/mol. The highest BCUT2D eigenvalue weighted by Gasteiger charge is 2.51. The van der Waals surface area contributed by atoms with E-state index in [1.165, 1.54) is 17.8 Å². The number of carbonyl (C=O) groups excluding carboxylic acids is 3. The van der Waals surface area contributed by atoms with E-state index < -0.39 is 57.6 Å². The maximum atomic E-state index is 11.8. The molecule has 0 bridgehead atoms. The topological polar surface area (TPSA) is 192 Å². The Morgan fingerprint density at radius 2 is 1.75 bits per heavy atom. The molecule has 1 fully saturated rings. The van der Waals surface area contributed by atoms with Gasteiger partial charge in [-0.2, -0.15) is 4.98 Å². The molecule has 2 aromatic heterocycles. The summed E-state index contributed by atoms with van der Waals surface area (Å²) >= 11 is 6.02. The van der Waals surface area contributed by atoms with E-state index >= 15 is 0 Å². The van der Waals surface area contributed by atoms with Crippen molar-refractivity contribution in [2.45, 2.75) is 50.5 Å². The van der Waals surface area contributed by atoms with Crippen LogP contribution >= 0.6 is 11.6 Å². The quantitative estimate of drug-likeness (QED) is 0.235. The van der Waals surface area contributed by atoms with Crippen LogP contribution in [0.5, 0.6) is 0 Å². The SMILES string of the molecule is CC(=O)OC[C@H]1O[C@@H](n2cnc3c(Cl)nc(S(N)(=O)=O)nc32)[C@H](OC(C)=O)[C@@H]1OC(C)=O. The number of halogens is 1. The lowest BCUT2D eigenvalue weighted by atomic mass is 10.1. The molecule has 2 N–H and O–H groups in total. The van der Waals surface area contributed by atoms with Gasteiger partial charge in [-0.05, 0) is 0 Å². The van der Waals surface area contributed by atoms with Crippen LogP contribution in [0.3, 0.4) is 0 Å². The summed E-state index contributed by atoms with van der Waals surface area (Å²) in [5.41, 5.74) is -0.0948. The number of ether oxygens (including phenoxy) is 4. The van der Waals surface area contributed by atoms with E-state index in [0.717, 1.165) is 13.8 Å². The smallest absolute Gasteiger partial charge is 0.303 e. The molecule has 0 saturated carbocycles. The minimum Gasteiger partial charge on any atom is -0.463 e. The number of imidazole rings is 1. The molecule has 3 heterocycles. The van der Waals surface area contributed by atoms with Crippen molar-refractivity contribution in [3.63, 3.8) is 0 Å². The van der Waals surface area contributed by atoms with E-state index in [9.17, 15) is 22.8 Å². The van der Waals surface area contributed by atoms with Gasteiger partial charge in [0, 0.05) is 20.8 Å². The molecule has 174 valence electrons. The number of hydrogen-bond donors (Lipinski definition) is 1. The summed E-state index contributed by atoms with van der Waals surface area (Å²) in [7, 11) is -4.32. The van der Waals surface area contributed by atoms with Crippen LogP contribution in [0.25, 0.3) is 11.2 Å². The molecule has 1 aliphatic rings. The highest BCUT2D eigenvalue weighted by atomic mass is 35.5. The second kappa shape index (κ2) is 8.93. The Morgan fingerprint density at radius 3 is 2.31 bits per heavy atom. The molecule has 32 heavy (non-hydrogen) atoms. The Hall–Kier alpha value is -2.88. The van der Waals surface area contributed by atoms with E-state index in [-0.39, 0.29) is 22.9 Å². The Morgan fingerprint density at radius 1 is 1.12 bits per heavy atom. The number of carbonyl (C=O) groups is 3. The van der Waals surface area contributed by atoms with Crippen molar-refractivity contribution in [2.75, 3.05) is 6.61 Å². The molecule has 1 aliphatic heterocycles. The van der Waals surface area contributed by atoms with E-state index in [2.05, 4.69) is 15.0 Å². The summed E-state index contributed by atoms with van der Waals surface area (Å²) in [5, 5.41) is 4.03. The van der Waals surface area contributed by atoms with Gasteiger partial charge in [0.1, 0.15) is 18.2 Å². The van der Waals surface area contributed by atoms with Gasteiger partial charge in [0.05, 0.1) is 6.33 Å². The minimum atomic E-state index is -4.32. The Bertz CT molecular complexity index is 1180. The number of hydrogen-bond acceptors (Lipinski definition) is 12. The lowest BCUT2D eigenvalue weighted by Crippen LogP contribution is -2.40. The third-order valence-corrected chi connectivity index (χ3v) is 5.18. The van der Waals surface area contributed by atoms with Crippen LogP contribution in [0.1, 0.15) is 27.0 Å². The van der Waals surface area contributed by atoms with Crippen molar-refractivity contribution in [1.82, 2.24) is 19.5 Å². The second-order valence-electron chi connectivity index (χ2n) is 6.68. The predicted molar refractivity (Wildman–Crippen MR) is 103 cm³/mol. The Labute approximate surface area is 186 Å². The molecule has 0 amide bonds. The van der Waals surface area contributed by atoms with Crippen molar-refractivity contribution < 1.29 is 41.7 Å². The third kappa shape index (κ3) is 4.95. The van der Waals surface area contributed by atoms with Gasteiger partial charge in [-0.25, -0.2) is 23.5 Å². The van der Waals surface area contributed by atoms with Crippen LogP contribution in [-0.2, 0) is 43.4 Å². The van der Waals surface area contributed by atoms with Crippen molar-refractivity contribution in [2.24, 2.45) is 5.14 Å². The van der Waals surface area contributed by atoms with Crippen molar-refractivity contribution in [3.8, 4) is 0 Å². The molecule has 14 nitrogen and oxygen atoms in total. The van der Waals surface area contributed by atoms with E-state index in [1.54, 1.807) is 0 Å². The highest BCUT2D eigenvalue weighted by Crippen LogP contribution is 2.36. The maximum Gasteiger partial charge on any atom is 0.303 e. The normalized spacial score (nSPS) is 23.2. The van der Waals surface area contributed by atoms with Crippen molar-refractivity contribution >= 4 is 50.7 Å². The molecule has 0 aliphatic carbocycles. The van der Waals surface area contributed by atoms with Crippen LogP contribution in [0.4, 0.5) is 0 Å². The predicted octanol–water partition coefficient (Wildman–Crippen LogP) is -0.549. The second-order valence-corrected chi connectivity index (χ2v) is 8.50. The first-order valence-electron chi connectivity index (χ1n) is 8.94. The molecular weight excluding hydrogens is 474 g/mol. The molecule has 16 heteroatoms. The molecule has 0 spiro atoms. The van der Waals surface area contributed by atoms with Gasteiger partial charge < -0.3 is 18.9 Å². The first-order valence-corrected chi connectivity index (χ1v) is 10.9. The number of nitrogens with two attached hydrogens (primary N) is 1. The van der Waals surface area contributed by atoms with Gasteiger partial charge >= 0.3 is 17.9 Å². The van der Waals surface area contributed by atoms with Gasteiger partial charge in [-0.15, -0.1) is 0 Å². The number of rotatable bonds is 6. The molecular formula is C16H18ClN5O9S. The van der Waals surface area contributed by atoms with Crippen LogP contribution in [0.15, 0.2) is 11.5 Å². The van der Waals surface area contributed by atoms with E-state index in [0.29, 0.717) is 0 Å². The lowest BCUT2D eigenvalue weighted by Gasteiger charge is -2.23. The van der Waals surface area contributed by atoms with Gasteiger partial charge in [-0.3, -0.25) is 19.0 Å². The molecule has 0 unspecified atom stereocenters. The van der Waals surface area contributed by atoms with Crippen molar-refractivity contribution in [1.29, 1.82) is 0 Å². The summed E-state index contributed by atoms with van der Waals surface area (Å²) in [6, 6.07) is 0. The molecule has 3 rings (SSSR count). The molecule has 0 aromatic carbocycles. The first-order chi connectivity index (χ1) is 14.9. The van der Waals surface area contributed by atoms with E-state index in [4.69, 9.17) is 35.7 Å².